The lowest BCUT2D eigenvalue weighted by Crippen LogP contribution is -2.44. The maximum atomic E-state index is 11.4. The number of carbonyl (C=O) groups is 1. The molecule has 1 aromatic carbocycles. The molecular formula is C17H17BrN2O2. The first-order valence-electron chi connectivity index (χ1n) is 7.40. The summed E-state index contributed by atoms with van der Waals surface area (Å²) in [5.41, 5.74) is 4.87. The van der Waals surface area contributed by atoms with Crippen LogP contribution in [-0.2, 0) is 18.3 Å². The third-order valence-corrected chi connectivity index (χ3v) is 6.04. The molecule has 1 aromatic heterocycles. The van der Waals surface area contributed by atoms with E-state index in [1.165, 1.54) is 22.0 Å². The van der Waals surface area contributed by atoms with Gasteiger partial charge in [0.2, 0.25) is 0 Å². The number of aryl methyl sites for hydroxylation is 1. The van der Waals surface area contributed by atoms with Crippen molar-refractivity contribution in [1.82, 2.24) is 9.47 Å². The number of carboxylic acids is 1. The van der Waals surface area contributed by atoms with E-state index in [0.29, 0.717) is 6.54 Å². The lowest BCUT2D eigenvalue weighted by atomic mass is 9.80. The Morgan fingerprint density at radius 1 is 1.36 bits per heavy atom. The molecule has 2 aliphatic rings. The van der Waals surface area contributed by atoms with E-state index in [1.54, 1.807) is 0 Å². The SMILES string of the molecule is CN1C[C@H](C(=O)O)C=C2c3cccc4c3c(c(Br)n4C)C[C@H]21. The van der Waals surface area contributed by atoms with Gasteiger partial charge in [-0.1, -0.05) is 18.2 Å². The molecule has 2 atom stereocenters. The maximum Gasteiger partial charge on any atom is 0.311 e. The Morgan fingerprint density at radius 3 is 2.86 bits per heavy atom. The second-order valence-electron chi connectivity index (χ2n) is 6.25. The Morgan fingerprint density at radius 2 is 2.14 bits per heavy atom. The molecule has 114 valence electrons. The standard InChI is InChI=1S/C17H17BrN2O2/c1-19-8-9(17(21)22)6-11-10-4-3-5-13-15(10)12(7-14(11)19)16(18)20(13)2/h3-6,9,14H,7-8H2,1-2H3,(H,21,22)/t9-,14-/m1/s1. The number of hydrogen-bond donors (Lipinski definition) is 1. The summed E-state index contributed by atoms with van der Waals surface area (Å²) in [6, 6.07) is 6.55. The molecule has 0 saturated carbocycles. The average Bonchev–Trinajstić information content (AvgIpc) is 2.74. The molecule has 0 saturated heterocycles. The zero-order valence-corrected chi connectivity index (χ0v) is 14.1. The second kappa shape index (κ2) is 4.70. The molecule has 5 heteroatoms. The van der Waals surface area contributed by atoms with Gasteiger partial charge in [0.15, 0.2) is 0 Å². The van der Waals surface area contributed by atoms with E-state index in [9.17, 15) is 9.90 Å². The van der Waals surface area contributed by atoms with E-state index in [1.807, 2.05) is 13.1 Å². The lowest BCUT2D eigenvalue weighted by molar-refractivity contribution is -0.140. The minimum atomic E-state index is -0.745. The molecule has 0 fully saturated rings. The molecular weight excluding hydrogens is 344 g/mol. The minimum Gasteiger partial charge on any atom is -0.481 e. The summed E-state index contributed by atoms with van der Waals surface area (Å²) in [7, 11) is 4.09. The molecule has 1 aliphatic heterocycles. The number of rotatable bonds is 1. The molecule has 0 spiro atoms. The average molecular weight is 361 g/mol. The van der Waals surface area contributed by atoms with Gasteiger partial charge < -0.3 is 9.67 Å². The van der Waals surface area contributed by atoms with Gasteiger partial charge in [-0.25, -0.2) is 0 Å². The molecule has 4 rings (SSSR count). The maximum absolute atomic E-state index is 11.4. The van der Waals surface area contributed by atoms with Gasteiger partial charge in [0.05, 0.1) is 10.5 Å². The first kappa shape index (κ1) is 14.0. The fourth-order valence-electron chi connectivity index (χ4n) is 3.91. The van der Waals surface area contributed by atoms with Crippen LogP contribution in [-0.4, -0.2) is 40.2 Å². The van der Waals surface area contributed by atoms with Crippen LogP contribution in [0.5, 0.6) is 0 Å². The molecule has 4 nitrogen and oxygen atoms in total. The fraction of sp³-hybridized carbons (Fsp3) is 0.353. The second-order valence-corrected chi connectivity index (χ2v) is 7.01. The smallest absolute Gasteiger partial charge is 0.311 e. The van der Waals surface area contributed by atoms with Crippen LogP contribution in [0.25, 0.3) is 16.5 Å². The van der Waals surface area contributed by atoms with Crippen LogP contribution in [0.1, 0.15) is 11.1 Å². The number of carboxylic acid groups (broad SMARTS) is 1. The Balaban J connectivity index is 2.02. The highest BCUT2D eigenvalue weighted by atomic mass is 79.9. The zero-order chi connectivity index (χ0) is 15.6. The molecule has 0 unspecified atom stereocenters. The van der Waals surface area contributed by atoms with Crippen molar-refractivity contribution in [2.24, 2.45) is 13.0 Å². The lowest BCUT2D eigenvalue weighted by Gasteiger charge is -2.38. The Hall–Kier alpha value is -1.59. The molecule has 22 heavy (non-hydrogen) atoms. The van der Waals surface area contributed by atoms with Crippen LogP contribution < -0.4 is 0 Å². The third kappa shape index (κ3) is 1.75. The van der Waals surface area contributed by atoms with Crippen molar-refractivity contribution in [2.45, 2.75) is 12.5 Å². The van der Waals surface area contributed by atoms with E-state index < -0.39 is 11.9 Å². The van der Waals surface area contributed by atoms with Crippen LogP contribution in [0.2, 0.25) is 0 Å². The Kier molecular flexibility index (Phi) is 3.00. The highest BCUT2D eigenvalue weighted by molar-refractivity contribution is 9.10. The van der Waals surface area contributed by atoms with Crippen LogP contribution in [0.4, 0.5) is 0 Å². The van der Waals surface area contributed by atoms with Crippen LogP contribution >= 0.6 is 15.9 Å². The van der Waals surface area contributed by atoms with E-state index >= 15 is 0 Å². The summed E-state index contributed by atoms with van der Waals surface area (Å²) in [5.74, 6) is -1.18. The van der Waals surface area contributed by atoms with E-state index in [-0.39, 0.29) is 6.04 Å². The molecule has 1 aliphatic carbocycles. The number of halogens is 1. The number of nitrogens with zero attached hydrogens (tertiary/aromatic N) is 2. The number of aliphatic carboxylic acids is 1. The Labute approximate surface area is 137 Å². The minimum absolute atomic E-state index is 0.257. The van der Waals surface area contributed by atoms with Gasteiger partial charge in [-0.2, -0.15) is 0 Å². The van der Waals surface area contributed by atoms with Crippen molar-refractivity contribution in [3.8, 4) is 0 Å². The van der Waals surface area contributed by atoms with Crippen LogP contribution in [0.3, 0.4) is 0 Å². The van der Waals surface area contributed by atoms with Crippen molar-refractivity contribution in [1.29, 1.82) is 0 Å². The van der Waals surface area contributed by atoms with Crippen molar-refractivity contribution in [2.75, 3.05) is 13.6 Å². The van der Waals surface area contributed by atoms with Crippen molar-refractivity contribution < 1.29 is 9.90 Å². The van der Waals surface area contributed by atoms with E-state index in [0.717, 1.165) is 16.6 Å². The molecule has 1 N–H and O–H groups in total. The summed E-state index contributed by atoms with van der Waals surface area (Å²) < 4.78 is 3.29. The summed E-state index contributed by atoms with van der Waals surface area (Å²) >= 11 is 3.72. The zero-order valence-electron chi connectivity index (χ0n) is 12.5. The number of fused-ring (bicyclic) bond motifs is 2. The number of aromatic nitrogens is 1. The largest absolute Gasteiger partial charge is 0.481 e. The van der Waals surface area contributed by atoms with Gasteiger partial charge in [0.25, 0.3) is 0 Å². The van der Waals surface area contributed by atoms with Crippen molar-refractivity contribution in [3.63, 3.8) is 0 Å². The van der Waals surface area contributed by atoms with Gasteiger partial charge in [-0.3, -0.25) is 9.69 Å². The van der Waals surface area contributed by atoms with Gasteiger partial charge in [0, 0.05) is 30.5 Å². The van der Waals surface area contributed by atoms with Gasteiger partial charge in [-0.15, -0.1) is 0 Å². The van der Waals surface area contributed by atoms with Crippen molar-refractivity contribution in [3.05, 3.63) is 40.0 Å². The molecule has 2 heterocycles. The van der Waals surface area contributed by atoms with E-state index in [2.05, 4.69) is 50.6 Å². The normalized spacial score (nSPS) is 24.2. The summed E-state index contributed by atoms with van der Waals surface area (Å²) in [5, 5.41) is 10.7. The number of benzene rings is 1. The highest BCUT2D eigenvalue weighted by Gasteiger charge is 2.36. The van der Waals surface area contributed by atoms with Crippen LogP contribution in [0, 0.1) is 5.92 Å². The molecule has 0 bridgehead atoms. The number of likely N-dealkylation sites (N-methyl/N-ethyl adjacent to an activating group) is 1. The van der Waals surface area contributed by atoms with Crippen molar-refractivity contribution >= 4 is 38.4 Å². The fourth-order valence-corrected chi connectivity index (χ4v) is 4.46. The predicted molar refractivity (Wildman–Crippen MR) is 89.8 cm³/mol. The number of hydrogen-bond acceptors (Lipinski definition) is 2. The molecule has 2 aromatic rings. The first-order valence-corrected chi connectivity index (χ1v) is 8.19. The summed E-state index contributed by atoms with van der Waals surface area (Å²) in [4.78, 5) is 13.6. The monoisotopic (exact) mass is 360 g/mol. The highest BCUT2D eigenvalue weighted by Crippen LogP contribution is 2.44. The van der Waals surface area contributed by atoms with Gasteiger partial charge >= 0.3 is 5.97 Å². The topological polar surface area (TPSA) is 45.5 Å². The quantitative estimate of drug-likeness (QED) is 0.850. The first-order chi connectivity index (χ1) is 10.5. The molecule has 0 amide bonds. The summed E-state index contributed by atoms with van der Waals surface area (Å²) in [6.07, 6.45) is 2.88. The van der Waals surface area contributed by atoms with Gasteiger partial charge in [-0.05, 0) is 52.2 Å². The van der Waals surface area contributed by atoms with E-state index in [4.69, 9.17) is 0 Å². The van der Waals surface area contributed by atoms with Crippen LogP contribution in [0.15, 0.2) is 28.9 Å². The predicted octanol–water partition coefficient (Wildman–Crippen LogP) is 2.90. The molecule has 0 radical (unpaired) electrons. The Bertz CT molecular complexity index is 837. The third-order valence-electron chi connectivity index (χ3n) is 5.03. The van der Waals surface area contributed by atoms with Gasteiger partial charge in [0.1, 0.15) is 0 Å². The summed E-state index contributed by atoms with van der Waals surface area (Å²) in [6.45, 7) is 0.569.